The Morgan fingerprint density at radius 3 is 2.83 bits per heavy atom. The maximum atomic E-state index is 9.61. The molecule has 0 bridgehead atoms. The van der Waals surface area contributed by atoms with Crippen molar-refractivity contribution in [1.82, 2.24) is 14.8 Å². The average Bonchev–Trinajstić information content (AvgIpc) is 2.36. The van der Waals surface area contributed by atoms with Crippen LogP contribution in [0, 0.1) is 0 Å². The highest BCUT2D eigenvalue weighted by atomic mass is 16.3. The quantitative estimate of drug-likeness (QED) is 0.614. The molecule has 3 N–H and O–H groups in total. The van der Waals surface area contributed by atoms with Gasteiger partial charge in [-0.3, -0.25) is 0 Å². The fourth-order valence-electron chi connectivity index (χ4n) is 0.880. The number of hydrogen-bond acceptors (Lipinski definition) is 4. The van der Waals surface area contributed by atoms with Crippen LogP contribution in [-0.4, -0.2) is 32.0 Å². The molecule has 68 valence electrons. The second-order valence-electron chi connectivity index (χ2n) is 3.24. The lowest BCUT2D eigenvalue weighted by atomic mass is 10.0. The minimum Gasteiger partial charge on any atom is -0.388 e. The van der Waals surface area contributed by atoms with Crippen LogP contribution in [0.1, 0.15) is 12.7 Å². The molecule has 1 aromatic rings. The Morgan fingerprint density at radius 1 is 1.75 bits per heavy atom. The summed E-state index contributed by atoms with van der Waals surface area (Å²) in [4.78, 5) is 0. The number of aromatic nitrogens is 3. The van der Waals surface area contributed by atoms with Crippen molar-refractivity contribution < 1.29 is 5.11 Å². The summed E-state index contributed by atoms with van der Waals surface area (Å²) in [5, 5.41) is 17.2. The molecule has 0 spiro atoms. The topological polar surface area (TPSA) is 77.0 Å². The largest absolute Gasteiger partial charge is 0.388 e. The molecule has 1 rings (SSSR count). The van der Waals surface area contributed by atoms with Crippen LogP contribution in [0.2, 0.25) is 0 Å². The van der Waals surface area contributed by atoms with Gasteiger partial charge in [-0.2, -0.15) is 0 Å². The summed E-state index contributed by atoms with van der Waals surface area (Å²) in [5.41, 5.74) is 4.48. The third kappa shape index (κ3) is 2.02. The van der Waals surface area contributed by atoms with Crippen LogP contribution < -0.4 is 5.73 Å². The van der Waals surface area contributed by atoms with Crippen molar-refractivity contribution >= 4 is 0 Å². The highest BCUT2D eigenvalue weighted by Crippen LogP contribution is 2.08. The van der Waals surface area contributed by atoms with Gasteiger partial charge in [-0.25, -0.2) is 0 Å². The average molecular weight is 170 g/mol. The standard InChI is InChI=1S/C7H14N4O/c1-7(12,4-8)3-6-10-9-5-11(6)2/h5,12H,3-4,8H2,1-2H3. The molecule has 0 aliphatic rings. The van der Waals surface area contributed by atoms with Crippen molar-refractivity contribution in [2.45, 2.75) is 18.9 Å². The summed E-state index contributed by atoms with van der Waals surface area (Å²) < 4.78 is 1.77. The van der Waals surface area contributed by atoms with Gasteiger partial charge in [-0.15, -0.1) is 10.2 Å². The SMILES string of the molecule is Cn1cnnc1CC(C)(O)CN. The lowest BCUT2D eigenvalue weighted by molar-refractivity contribution is 0.0667. The van der Waals surface area contributed by atoms with E-state index in [1.54, 1.807) is 17.8 Å². The van der Waals surface area contributed by atoms with Gasteiger partial charge in [-0.05, 0) is 6.92 Å². The van der Waals surface area contributed by atoms with Crippen LogP contribution in [-0.2, 0) is 13.5 Å². The first kappa shape index (κ1) is 9.15. The molecule has 5 heteroatoms. The van der Waals surface area contributed by atoms with E-state index in [-0.39, 0.29) is 6.54 Å². The molecule has 0 aromatic carbocycles. The van der Waals surface area contributed by atoms with Crippen LogP contribution in [0.15, 0.2) is 6.33 Å². The number of nitrogens with two attached hydrogens (primary N) is 1. The Morgan fingerprint density at radius 2 is 2.42 bits per heavy atom. The number of rotatable bonds is 3. The second-order valence-corrected chi connectivity index (χ2v) is 3.24. The molecule has 0 amide bonds. The smallest absolute Gasteiger partial charge is 0.135 e. The molecule has 0 fully saturated rings. The number of nitrogens with zero attached hydrogens (tertiary/aromatic N) is 3. The van der Waals surface area contributed by atoms with Crippen LogP contribution in [0.4, 0.5) is 0 Å². The predicted octanol–water partition coefficient (Wildman–Crippen LogP) is -0.933. The van der Waals surface area contributed by atoms with E-state index in [1.165, 1.54) is 0 Å². The van der Waals surface area contributed by atoms with Crippen LogP contribution in [0.25, 0.3) is 0 Å². The van der Waals surface area contributed by atoms with Gasteiger partial charge in [0.2, 0.25) is 0 Å². The first-order valence-electron chi connectivity index (χ1n) is 3.80. The molecule has 1 aromatic heterocycles. The minimum absolute atomic E-state index is 0.222. The van der Waals surface area contributed by atoms with E-state index in [2.05, 4.69) is 10.2 Å². The van der Waals surface area contributed by atoms with Gasteiger partial charge in [-0.1, -0.05) is 0 Å². The van der Waals surface area contributed by atoms with Crippen molar-refractivity contribution in [3.63, 3.8) is 0 Å². The predicted molar refractivity (Wildman–Crippen MR) is 44.4 cm³/mol. The van der Waals surface area contributed by atoms with Crippen molar-refractivity contribution in [2.75, 3.05) is 6.54 Å². The second kappa shape index (κ2) is 3.20. The number of aryl methyl sites for hydroxylation is 1. The zero-order valence-electron chi connectivity index (χ0n) is 7.36. The zero-order valence-corrected chi connectivity index (χ0v) is 7.36. The van der Waals surface area contributed by atoms with Crippen molar-refractivity contribution in [2.24, 2.45) is 12.8 Å². The number of hydrogen-bond donors (Lipinski definition) is 2. The first-order valence-corrected chi connectivity index (χ1v) is 3.80. The molecule has 0 aliphatic carbocycles. The zero-order chi connectivity index (χ0) is 9.19. The molecule has 0 saturated heterocycles. The third-order valence-corrected chi connectivity index (χ3v) is 1.78. The van der Waals surface area contributed by atoms with E-state index in [1.807, 2.05) is 7.05 Å². The van der Waals surface area contributed by atoms with Crippen LogP contribution >= 0.6 is 0 Å². The van der Waals surface area contributed by atoms with E-state index in [4.69, 9.17) is 5.73 Å². The van der Waals surface area contributed by atoms with Gasteiger partial charge in [0.05, 0.1) is 5.60 Å². The number of aliphatic hydroxyl groups is 1. The summed E-state index contributed by atoms with van der Waals surface area (Å²) >= 11 is 0. The summed E-state index contributed by atoms with van der Waals surface area (Å²) in [6.45, 7) is 1.90. The van der Waals surface area contributed by atoms with Crippen LogP contribution in [0.5, 0.6) is 0 Å². The summed E-state index contributed by atoms with van der Waals surface area (Å²) in [6.07, 6.45) is 2.03. The molecule has 0 radical (unpaired) electrons. The monoisotopic (exact) mass is 170 g/mol. The molecular formula is C7H14N4O. The van der Waals surface area contributed by atoms with Gasteiger partial charge >= 0.3 is 0 Å². The lowest BCUT2D eigenvalue weighted by Gasteiger charge is -2.19. The van der Waals surface area contributed by atoms with Gasteiger partial charge in [0.25, 0.3) is 0 Å². The fourth-order valence-corrected chi connectivity index (χ4v) is 0.880. The summed E-state index contributed by atoms with van der Waals surface area (Å²) in [6, 6.07) is 0. The molecule has 0 saturated carbocycles. The molecule has 1 unspecified atom stereocenters. The van der Waals surface area contributed by atoms with Gasteiger partial charge in [0, 0.05) is 20.0 Å². The molecule has 0 aliphatic heterocycles. The highest BCUT2D eigenvalue weighted by Gasteiger charge is 2.20. The van der Waals surface area contributed by atoms with Gasteiger partial charge < -0.3 is 15.4 Å². The van der Waals surface area contributed by atoms with E-state index >= 15 is 0 Å². The Balaban J connectivity index is 2.70. The maximum absolute atomic E-state index is 9.61. The molecule has 1 heterocycles. The molecule has 12 heavy (non-hydrogen) atoms. The Hall–Kier alpha value is -0.940. The lowest BCUT2D eigenvalue weighted by Crippen LogP contribution is -2.37. The Labute approximate surface area is 71.2 Å². The normalized spacial score (nSPS) is 16.0. The van der Waals surface area contributed by atoms with Gasteiger partial charge in [0.1, 0.15) is 12.2 Å². The Kier molecular flexibility index (Phi) is 2.44. The Bertz CT molecular complexity index is 256. The molecule has 1 atom stereocenters. The highest BCUT2D eigenvalue weighted by molar-refractivity contribution is 4.92. The molecular weight excluding hydrogens is 156 g/mol. The first-order chi connectivity index (χ1) is 5.55. The minimum atomic E-state index is -0.888. The van der Waals surface area contributed by atoms with Crippen molar-refractivity contribution in [3.05, 3.63) is 12.2 Å². The van der Waals surface area contributed by atoms with Crippen molar-refractivity contribution in [3.8, 4) is 0 Å². The van der Waals surface area contributed by atoms with E-state index in [0.717, 1.165) is 5.82 Å². The third-order valence-electron chi connectivity index (χ3n) is 1.78. The van der Waals surface area contributed by atoms with E-state index < -0.39 is 5.60 Å². The fraction of sp³-hybridized carbons (Fsp3) is 0.714. The van der Waals surface area contributed by atoms with E-state index in [9.17, 15) is 5.11 Å². The summed E-state index contributed by atoms with van der Waals surface area (Å²) in [5.74, 6) is 0.741. The van der Waals surface area contributed by atoms with Crippen molar-refractivity contribution in [1.29, 1.82) is 0 Å². The molecule has 5 nitrogen and oxygen atoms in total. The van der Waals surface area contributed by atoms with Crippen LogP contribution in [0.3, 0.4) is 0 Å². The van der Waals surface area contributed by atoms with E-state index in [0.29, 0.717) is 6.42 Å². The summed E-state index contributed by atoms with van der Waals surface area (Å²) in [7, 11) is 1.84. The van der Waals surface area contributed by atoms with Gasteiger partial charge in [0.15, 0.2) is 0 Å². The maximum Gasteiger partial charge on any atom is 0.135 e.